The number of phenols is 2. The predicted molar refractivity (Wildman–Crippen MR) is 53.8 cm³/mol. The van der Waals surface area contributed by atoms with E-state index in [1.54, 1.807) is 0 Å². The Balaban J connectivity index is 2.69. The zero-order valence-electron chi connectivity index (χ0n) is 8.10. The van der Waals surface area contributed by atoms with Crippen molar-refractivity contribution in [1.82, 2.24) is 5.32 Å². The fourth-order valence-electron chi connectivity index (χ4n) is 1.09. The molecular formula is C10H13NO4. The number of aliphatic hydroxyl groups is 1. The maximum absolute atomic E-state index is 11.4. The van der Waals surface area contributed by atoms with E-state index >= 15 is 0 Å². The van der Waals surface area contributed by atoms with Crippen molar-refractivity contribution < 1.29 is 20.1 Å². The fourth-order valence-corrected chi connectivity index (χ4v) is 1.09. The molecule has 1 aromatic rings. The predicted octanol–water partition coefficient (Wildman–Crippen LogP) is 0.210. The normalized spacial score (nSPS) is 9.93. The SMILES string of the molecule is O=C(NCCCO)c1cccc(O)c1O. The van der Waals surface area contributed by atoms with Gasteiger partial charge in [0.1, 0.15) is 0 Å². The Morgan fingerprint density at radius 1 is 1.33 bits per heavy atom. The monoisotopic (exact) mass is 211 g/mol. The van der Waals surface area contributed by atoms with Crippen LogP contribution >= 0.6 is 0 Å². The molecule has 1 aromatic carbocycles. The molecule has 0 spiro atoms. The minimum absolute atomic E-state index is 0.00764. The van der Waals surface area contributed by atoms with Gasteiger partial charge >= 0.3 is 0 Å². The van der Waals surface area contributed by atoms with Gasteiger partial charge < -0.3 is 20.6 Å². The lowest BCUT2D eigenvalue weighted by molar-refractivity contribution is 0.0948. The molecule has 0 aliphatic heterocycles. The van der Waals surface area contributed by atoms with E-state index in [0.717, 1.165) is 0 Å². The summed E-state index contributed by atoms with van der Waals surface area (Å²) >= 11 is 0. The van der Waals surface area contributed by atoms with Crippen LogP contribution in [0.15, 0.2) is 18.2 Å². The lowest BCUT2D eigenvalue weighted by Gasteiger charge is -2.06. The molecule has 5 nitrogen and oxygen atoms in total. The van der Waals surface area contributed by atoms with Gasteiger partial charge in [-0.1, -0.05) is 6.07 Å². The number of phenolic OH excluding ortho intramolecular Hbond substituents is 2. The van der Waals surface area contributed by atoms with Crippen molar-refractivity contribution in [2.24, 2.45) is 0 Å². The van der Waals surface area contributed by atoms with E-state index in [1.807, 2.05) is 0 Å². The summed E-state index contributed by atoms with van der Waals surface area (Å²) in [5.41, 5.74) is 0.0212. The summed E-state index contributed by atoms with van der Waals surface area (Å²) in [4.78, 5) is 11.4. The number of hydrogen-bond donors (Lipinski definition) is 4. The summed E-state index contributed by atoms with van der Waals surface area (Å²) in [6.45, 7) is 0.316. The molecule has 0 aliphatic rings. The second-order valence-electron chi connectivity index (χ2n) is 3.01. The van der Waals surface area contributed by atoms with Crippen LogP contribution in [-0.4, -0.2) is 34.4 Å². The zero-order chi connectivity index (χ0) is 11.3. The fraction of sp³-hybridized carbons (Fsp3) is 0.300. The number of aromatic hydroxyl groups is 2. The number of benzene rings is 1. The topological polar surface area (TPSA) is 89.8 Å². The van der Waals surface area contributed by atoms with E-state index in [4.69, 9.17) is 10.2 Å². The van der Waals surface area contributed by atoms with Crippen LogP contribution in [0, 0.1) is 0 Å². The molecule has 0 fully saturated rings. The van der Waals surface area contributed by atoms with Crippen molar-refractivity contribution in [2.75, 3.05) is 13.2 Å². The Hall–Kier alpha value is -1.75. The van der Waals surface area contributed by atoms with Gasteiger partial charge in [-0.25, -0.2) is 0 Å². The molecular weight excluding hydrogens is 198 g/mol. The molecule has 5 heteroatoms. The van der Waals surface area contributed by atoms with Gasteiger partial charge in [-0.05, 0) is 18.6 Å². The van der Waals surface area contributed by atoms with Crippen molar-refractivity contribution in [3.8, 4) is 11.5 Å². The van der Waals surface area contributed by atoms with E-state index in [0.29, 0.717) is 13.0 Å². The van der Waals surface area contributed by atoms with Gasteiger partial charge in [-0.15, -0.1) is 0 Å². The maximum atomic E-state index is 11.4. The molecule has 15 heavy (non-hydrogen) atoms. The van der Waals surface area contributed by atoms with Gasteiger partial charge in [0.15, 0.2) is 11.5 Å². The standard InChI is InChI=1S/C10H13NO4/c12-6-2-5-11-10(15)7-3-1-4-8(13)9(7)14/h1,3-4,12-14H,2,5-6H2,(H,11,15). The molecule has 4 N–H and O–H groups in total. The van der Waals surface area contributed by atoms with Gasteiger partial charge in [0.05, 0.1) is 5.56 Å². The van der Waals surface area contributed by atoms with Gasteiger partial charge in [0.25, 0.3) is 5.91 Å². The van der Waals surface area contributed by atoms with Crippen molar-refractivity contribution in [1.29, 1.82) is 0 Å². The first-order chi connectivity index (χ1) is 7.16. The number of nitrogens with one attached hydrogen (secondary N) is 1. The van der Waals surface area contributed by atoms with Crippen LogP contribution in [-0.2, 0) is 0 Å². The van der Waals surface area contributed by atoms with Crippen molar-refractivity contribution in [3.63, 3.8) is 0 Å². The van der Waals surface area contributed by atoms with Crippen molar-refractivity contribution in [3.05, 3.63) is 23.8 Å². The summed E-state index contributed by atoms with van der Waals surface area (Å²) < 4.78 is 0. The Bertz CT molecular complexity index is 351. The van der Waals surface area contributed by atoms with Crippen LogP contribution < -0.4 is 5.32 Å². The summed E-state index contributed by atoms with van der Waals surface area (Å²) in [6.07, 6.45) is 0.450. The summed E-state index contributed by atoms with van der Waals surface area (Å²) in [5.74, 6) is -1.24. The second kappa shape index (κ2) is 5.21. The van der Waals surface area contributed by atoms with Crippen LogP contribution in [0.4, 0.5) is 0 Å². The van der Waals surface area contributed by atoms with Gasteiger partial charge in [-0.3, -0.25) is 4.79 Å². The van der Waals surface area contributed by atoms with Crippen molar-refractivity contribution >= 4 is 5.91 Å². The smallest absolute Gasteiger partial charge is 0.255 e. The third-order valence-electron chi connectivity index (χ3n) is 1.88. The minimum Gasteiger partial charge on any atom is -0.504 e. The number of aliphatic hydroxyl groups excluding tert-OH is 1. The largest absolute Gasteiger partial charge is 0.504 e. The van der Waals surface area contributed by atoms with E-state index in [-0.39, 0.29) is 17.9 Å². The first-order valence-corrected chi connectivity index (χ1v) is 4.57. The summed E-state index contributed by atoms with van der Waals surface area (Å²) in [7, 11) is 0. The molecule has 0 saturated carbocycles. The highest BCUT2D eigenvalue weighted by Crippen LogP contribution is 2.27. The van der Waals surface area contributed by atoms with Crippen molar-refractivity contribution in [2.45, 2.75) is 6.42 Å². The first kappa shape index (κ1) is 11.3. The second-order valence-corrected chi connectivity index (χ2v) is 3.01. The molecule has 0 aliphatic carbocycles. The van der Waals surface area contributed by atoms with Crippen LogP contribution in [0.5, 0.6) is 11.5 Å². The molecule has 0 bridgehead atoms. The summed E-state index contributed by atoms with van der Waals surface area (Å²) in [6, 6.07) is 4.17. The number of carbonyl (C=O) groups is 1. The number of para-hydroxylation sites is 1. The minimum atomic E-state index is -0.475. The average molecular weight is 211 g/mol. The third-order valence-corrected chi connectivity index (χ3v) is 1.88. The van der Waals surface area contributed by atoms with Crippen LogP contribution in [0.25, 0.3) is 0 Å². The molecule has 0 heterocycles. The molecule has 0 unspecified atom stereocenters. The molecule has 0 saturated heterocycles. The molecule has 1 rings (SSSR count). The Labute approximate surface area is 87.0 Å². The van der Waals surface area contributed by atoms with Crippen LogP contribution in [0.3, 0.4) is 0 Å². The highest BCUT2D eigenvalue weighted by Gasteiger charge is 2.12. The van der Waals surface area contributed by atoms with Crippen LogP contribution in [0.2, 0.25) is 0 Å². The quantitative estimate of drug-likeness (QED) is 0.423. The first-order valence-electron chi connectivity index (χ1n) is 4.57. The lowest BCUT2D eigenvalue weighted by atomic mass is 10.1. The Morgan fingerprint density at radius 2 is 2.07 bits per heavy atom. The van der Waals surface area contributed by atoms with E-state index in [2.05, 4.69) is 5.32 Å². The average Bonchev–Trinajstić information content (AvgIpc) is 2.22. The molecule has 1 amide bonds. The highest BCUT2D eigenvalue weighted by molar-refractivity contribution is 5.97. The van der Waals surface area contributed by atoms with E-state index in [1.165, 1.54) is 18.2 Å². The zero-order valence-corrected chi connectivity index (χ0v) is 8.10. The van der Waals surface area contributed by atoms with Crippen LogP contribution in [0.1, 0.15) is 16.8 Å². The number of rotatable bonds is 4. The molecule has 0 radical (unpaired) electrons. The highest BCUT2D eigenvalue weighted by atomic mass is 16.3. The number of amides is 1. The molecule has 0 aromatic heterocycles. The van der Waals surface area contributed by atoms with Gasteiger partial charge in [-0.2, -0.15) is 0 Å². The Kier molecular flexibility index (Phi) is 3.93. The van der Waals surface area contributed by atoms with E-state index < -0.39 is 11.7 Å². The third kappa shape index (κ3) is 2.85. The Morgan fingerprint density at radius 3 is 2.73 bits per heavy atom. The number of carbonyl (C=O) groups excluding carboxylic acids is 1. The summed E-state index contributed by atoms with van der Waals surface area (Å²) in [5, 5.41) is 29.5. The van der Waals surface area contributed by atoms with Gasteiger partial charge in [0, 0.05) is 13.2 Å². The lowest BCUT2D eigenvalue weighted by Crippen LogP contribution is -2.25. The van der Waals surface area contributed by atoms with Gasteiger partial charge in [0.2, 0.25) is 0 Å². The number of hydrogen-bond acceptors (Lipinski definition) is 4. The van der Waals surface area contributed by atoms with E-state index in [9.17, 15) is 9.90 Å². The maximum Gasteiger partial charge on any atom is 0.255 e. The molecule has 82 valence electrons. The molecule has 0 atom stereocenters.